The third-order valence-corrected chi connectivity index (χ3v) is 5.20. The Hall–Kier alpha value is -0.610. The number of fused-ring (bicyclic) bond motifs is 2. The van der Waals surface area contributed by atoms with Crippen molar-refractivity contribution in [3.63, 3.8) is 0 Å². The van der Waals surface area contributed by atoms with Crippen LogP contribution in [0.15, 0.2) is 17.5 Å². The second-order valence-corrected chi connectivity index (χ2v) is 6.63. The highest BCUT2D eigenvalue weighted by Gasteiger charge is 2.39. The quantitative estimate of drug-likeness (QED) is 0.823. The number of nitrogens with one attached hydrogen (secondary N) is 2. The van der Waals surface area contributed by atoms with Crippen LogP contribution in [0, 0.1) is 11.8 Å². The van der Waals surface area contributed by atoms with Crippen LogP contribution < -0.4 is 10.6 Å². The van der Waals surface area contributed by atoms with E-state index in [0.717, 1.165) is 23.5 Å². The third kappa shape index (κ3) is 2.63. The van der Waals surface area contributed by atoms with Gasteiger partial charge in [0.25, 0.3) is 0 Å². The van der Waals surface area contributed by atoms with Crippen molar-refractivity contribution in [1.82, 2.24) is 10.6 Å². The van der Waals surface area contributed by atoms with E-state index in [1.807, 2.05) is 0 Å². The van der Waals surface area contributed by atoms with E-state index in [2.05, 4.69) is 28.1 Å². The Morgan fingerprint density at radius 3 is 3.00 bits per heavy atom. The van der Waals surface area contributed by atoms with E-state index in [1.54, 1.807) is 11.3 Å². The molecule has 0 spiro atoms. The van der Waals surface area contributed by atoms with Crippen LogP contribution in [-0.4, -0.2) is 11.2 Å². The molecule has 1 heterocycles. The number of thiophene rings is 1. The standard InChI is InChI=1S/C13H18N2S2/c16-13(14-8-11-2-1-5-17-11)15-12-7-9-3-4-10(12)6-9/h1-2,5,9-10,12H,3-4,6-8H2,(H2,14,15,16)/t9-,10+,12-/m0/s1. The van der Waals surface area contributed by atoms with E-state index in [-0.39, 0.29) is 0 Å². The first kappa shape index (κ1) is 11.5. The third-order valence-electron chi connectivity index (χ3n) is 4.06. The zero-order valence-electron chi connectivity index (χ0n) is 9.82. The lowest BCUT2D eigenvalue weighted by atomic mass is 9.96. The summed E-state index contributed by atoms with van der Waals surface area (Å²) in [6, 6.07) is 4.85. The average Bonchev–Trinajstić information content (AvgIpc) is 3.03. The Bertz CT molecular complexity index is 388. The van der Waals surface area contributed by atoms with E-state index >= 15 is 0 Å². The Morgan fingerprint density at radius 2 is 2.35 bits per heavy atom. The van der Waals surface area contributed by atoms with Gasteiger partial charge in [0, 0.05) is 10.9 Å². The number of thiocarbonyl (C=S) groups is 1. The molecule has 2 aliphatic carbocycles. The summed E-state index contributed by atoms with van der Waals surface area (Å²) in [5.74, 6) is 1.85. The fourth-order valence-electron chi connectivity index (χ4n) is 3.22. The zero-order valence-corrected chi connectivity index (χ0v) is 11.4. The summed E-state index contributed by atoms with van der Waals surface area (Å²) in [4.78, 5) is 1.34. The van der Waals surface area contributed by atoms with Crippen LogP contribution in [0.1, 0.15) is 30.6 Å². The normalized spacial score (nSPS) is 30.5. The molecule has 1 aromatic heterocycles. The van der Waals surface area contributed by atoms with E-state index in [4.69, 9.17) is 12.2 Å². The molecule has 2 saturated carbocycles. The molecule has 2 N–H and O–H groups in total. The fourth-order valence-corrected chi connectivity index (χ4v) is 4.09. The summed E-state index contributed by atoms with van der Waals surface area (Å²) >= 11 is 7.13. The van der Waals surface area contributed by atoms with Crippen LogP contribution in [0.2, 0.25) is 0 Å². The molecule has 2 nitrogen and oxygen atoms in total. The van der Waals surface area contributed by atoms with Gasteiger partial charge in [0.1, 0.15) is 0 Å². The van der Waals surface area contributed by atoms with Crippen molar-refractivity contribution in [2.75, 3.05) is 0 Å². The molecule has 1 aromatic rings. The van der Waals surface area contributed by atoms with Crippen molar-refractivity contribution < 1.29 is 0 Å². The van der Waals surface area contributed by atoms with Gasteiger partial charge < -0.3 is 10.6 Å². The first-order chi connectivity index (χ1) is 8.31. The summed E-state index contributed by atoms with van der Waals surface area (Å²) in [7, 11) is 0. The maximum atomic E-state index is 5.36. The zero-order chi connectivity index (χ0) is 11.7. The molecule has 2 aliphatic rings. The van der Waals surface area contributed by atoms with Gasteiger partial charge in [-0.15, -0.1) is 11.3 Å². The molecule has 2 bridgehead atoms. The van der Waals surface area contributed by atoms with Crippen LogP contribution in [0.5, 0.6) is 0 Å². The van der Waals surface area contributed by atoms with Crippen molar-refractivity contribution >= 4 is 28.7 Å². The van der Waals surface area contributed by atoms with Gasteiger partial charge in [-0.05, 0) is 54.8 Å². The molecule has 0 amide bonds. The molecule has 3 atom stereocenters. The minimum atomic E-state index is 0.636. The number of hydrogen-bond acceptors (Lipinski definition) is 2. The van der Waals surface area contributed by atoms with Gasteiger partial charge in [0.15, 0.2) is 5.11 Å². The van der Waals surface area contributed by atoms with Crippen molar-refractivity contribution in [3.8, 4) is 0 Å². The summed E-state index contributed by atoms with van der Waals surface area (Å²) in [6.07, 6.45) is 5.59. The van der Waals surface area contributed by atoms with E-state index in [1.165, 1.54) is 30.6 Å². The maximum Gasteiger partial charge on any atom is 0.166 e. The van der Waals surface area contributed by atoms with Crippen molar-refractivity contribution in [2.45, 2.75) is 38.3 Å². The Labute approximate surface area is 112 Å². The smallest absolute Gasteiger partial charge is 0.166 e. The molecule has 92 valence electrons. The lowest BCUT2D eigenvalue weighted by molar-refractivity contribution is 0.389. The van der Waals surface area contributed by atoms with Gasteiger partial charge in [-0.1, -0.05) is 12.5 Å². The van der Waals surface area contributed by atoms with Crippen LogP contribution in [0.4, 0.5) is 0 Å². The largest absolute Gasteiger partial charge is 0.360 e. The molecular weight excluding hydrogens is 248 g/mol. The summed E-state index contributed by atoms with van der Waals surface area (Å²) in [5, 5.41) is 9.73. The van der Waals surface area contributed by atoms with Gasteiger partial charge >= 0.3 is 0 Å². The van der Waals surface area contributed by atoms with E-state index < -0.39 is 0 Å². The Morgan fingerprint density at radius 1 is 1.41 bits per heavy atom. The van der Waals surface area contributed by atoms with Crippen LogP contribution in [0.3, 0.4) is 0 Å². The molecule has 3 rings (SSSR count). The molecule has 0 aromatic carbocycles. The highest BCUT2D eigenvalue weighted by molar-refractivity contribution is 7.80. The molecule has 0 saturated heterocycles. The van der Waals surface area contributed by atoms with Crippen molar-refractivity contribution in [3.05, 3.63) is 22.4 Å². The predicted molar refractivity (Wildman–Crippen MR) is 76.1 cm³/mol. The van der Waals surface area contributed by atoms with Crippen molar-refractivity contribution in [1.29, 1.82) is 0 Å². The topological polar surface area (TPSA) is 24.1 Å². The first-order valence-electron chi connectivity index (χ1n) is 6.38. The highest BCUT2D eigenvalue weighted by atomic mass is 32.1. The van der Waals surface area contributed by atoms with Gasteiger partial charge in [-0.25, -0.2) is 0 Å². The summed E-state index contributed by atoms with van der Waals surface area (Å²) < 4.78 is 0. The second-order valence-electron chi connectivity index (χ2n) is 5.19. The maximum absolute atomic E-state index is 5.36. The molecule has 0 aliphatic heterocycles. The van der Waals surface area contributed by atoms with Gasteiger partial charge in [0.2, 0.25) is 0 Å². The van der Waals surface area contributed by atoms with Crippen LogP contribution in [0.25, 0.3) is 0 Å². The highest BCUT2D eigenvalue weighted by Crippen LogP contribution is 2.44. The minimum absolute atomic E-state index is 0.636. The van der Waals surface area contributed by atoms with Gasteiger partial charge in [-0.2, -0.15) is 0 Å². The molecule has 17 heavy (non-hydrogen) atoms. The molecule has 0 unspecified atom stereocenters. The lowest BCUT2D eigenvalue weighted by Gasteiger charge is -2.24. The average molecular weight is 266 g/mol. The second kappa shape index (κ2) is 4.94. The fraction of sp³-hybridized carbons (Fsp3) is 0.615. The molecule has 0 radical (unpaired) electrons. The Balaban J connectivity index is 1.44. The molecule has 4 heteroatoms. The SMILES string of the molecule is S=C(NCc1cccs1)N[C@H]1C[C@H]2CC[C@@H]1C2. The van der Waals surface area contributed by atoms with Crippen molar-refractivity contribution in [2.24, 2.45) is 11.8 Å². The monoisotopic (exact) mass is 266 g/mol. The summed E-state index contributed by atoms with van der Waals surface area (Å²) in [6.45, 7) is 0.852. The van der Waals surface area contributed by atoms with Gasteiger partial charge in [0.05, 0.1) is 6.54 Å². The van der Waals surface area contributed by atoms with Gasteiger partial charge in [-0.3, -0.25) is 0 Å². The molecule has 2 fully saturated rings. The first-order valence-corrected chi connectivity index (χ1v) is 7.67. The van der Waals surface area contributed by atoms with Crippen LogP contribution in [-0.2, 0) is 6.54 Å². The van der Waals surface area contributed by atoms with Crippen LogP contribution >= 0.6 is 23.6 Å². The number of hydrogen-bond donors (Lipinski definition) is 2. The Kier molecular flexibility index (Phi) is 3.34. The summed E-state index contributed by atoms with van der Waals surface area (Å²) in [5.41, 5.74) is 0. The predicted octanol–water partition coefficient (Wildman–Crippen LogP) is 2.90. The van der Waals surface area contributed by atoms with E-state index in [0.29, 0.717) is 6.04 Å². The minimum Gasteiger partial charge on any atom is -0.360 e. The number of rotatable bonds is 3. The van der Waals surface area contributed by atoms with E-state index in [9.17, 15) is 0 Å². The lowest BCUT2D eigenvalue weighted by Crippen LogP contribution is -2.43. The molecular formula is C13H18N2S2.